The van der Waals surface area contributed by atoms with Crippen LogP contribution in [0.5, 0.6) is 0 Å². The summed E-state index contributed by atoms with van der Waals surface area (Å²) < 4.78 is 0. The lowest BCUT2D eigenvalue weighted by Crippen LogP contribution is -2.37. The highest BCUT2D eigenvalue weighted by Crippen LogP contribution is 2.13. The number of amides is 1. The number of piperidine rings is 1. The SMILES string of the molecule is Cl.O=C(NCc1cccc(Cl)c1)C1CCNCC1. The van der Waals surface area contributed by atoms with E-state index in [1.165, 1.54) is 0 Å². The molecule has 1 aliphatic rings. The molecule has 5 heteroatoms. The van der Waals surface area contributed by atoms with E-state index in [2.05, 4.69) is 10.6 Å². The van der Waals surface area contributed by atoms with Crippen LogP contribution in [-0.4, -0.2) is 19.0 Å². The minimum Gasteiger partial charge on any atom is -0.352 e. The van der Waals surface area contributed by atoms with Crippen molar-refractivity contribution in [2.75, 3.05) is 13.1 Å². The zero-order valence-corrected chi connectivity index (χ0v) is 11.7. The number of carbonyl (C=O) groups excluding carboxylic acids is 1. The number of hydrogen-bond acceptors (Lipinski definition) is 2. The summed E-state index contributed by atoms with van der Waals surface area (Å²) in [6.07, 6.45) is 1.86. The third-order valence-electron chi connectivity index (χ3n) is 3.07. The number of halogens is 2. The Labute approximate surface area is 119 Å². The van der Waals surface area contributed by atoms with E-state index in [-0.39, 0.29) is 24.2 Å². The van der Waals surface area contributed by atoms with Crippen LogP contribution in [-0.2, 0) is 11.3 Å². The van der Waals surface area contributed by atoms with Crippen LogP contribution in [0.3, 0.4) is 0 Å². The minimum absolute atomic E-state index is 0. The molecule has 2 rings (SSSR count). The molecule has 3 nitrogen and oxygen atoms in total. The van der Waals surface area contributed by atoms with Crippen molar-refractivity contribution in [3.8, 4) is 0 Å². The Morgan fingerprint density at radius 1 is 1.39 bits per heavy atom. The first-order valence-electron chi connectivity index (χ1n) is 5.98. The Morgan fingerprint density at radius 3 is 2.78 bits per heavy atom. The summed E-state index contributed by atoms with van der Waals surface area (Å²) in [6, 6.07) is 7.58. The van der Waals surface area contributed by atoms with Gasteiger partial charge in [0.2, 0.25) is 5.91 Å². The van der Waals surface area contributed by atoms with Crippen LogP contribution < -0.4 is 10.6 Å². The van der Waals surface area contributed by atoms with Gasteiger partial charge in [-0.15, -0.1) is 12.4 Å². The molecule has 2 N–H and O–H groups in total. The van der Waals surface area contributed by atoms with Crippen molar-refractivity contribution in [1.29, 1.82) is 0 Å². The van der Waals surface area contributed by atoms with Crippen molar-refractivity contribution < 1.29 is 4.79 Å². The Morgan fingerprint density at radius 2 is 2.11 bits per heavy atom. The molecular weight excluding hydrogens is 271 g/mol. The van der Waals surface area contributed by atoms with Crippen LogP contribution in [0.4, 0.5) is 0 Å². The van der Waals surface area contributed by atoms with E-state index in [0.29, 0.717) is 11.6 Å². The molecule has 1 amide bonds. The summed E-state index contributed by atoms with van der Waals surface area (Å²) in [6.45, 7) is 2.44. The van der Waals surface area contributed by atoms with Crippen molar-refractivity contribution in [3.63, 3.8) is 0 Å². The molecule has 1 fully saturated rings. The van der Waals surface area contributed by atoms with Gasteiger partial charge in [0.05, 0.1) is 0 Å². The molecule has 0 atom stereocenters. The third-order valence-corrected chi connectivity index (χ3v) is 3.30. The molecular formula is C13H18Cl2N2O. The maximum Gasteiger partial charge on any atom is 0.223 e. The summed E-state index contributed by atoms with van der Waals surface area (Å²) in [5.74, 6) is 0.321. The molecule has 1 aliphatic heterocycles. The number of rotatable bonds is 3. The van der Waals surface area contributed by atoms with E-state index in [1.807, 2.05) is 24.3 Å². The molecule has 0 saturated carbocycles. The van der Waals surface area contributed by atoms with Crippen LogP contribution in [0.2, 0.25) is 5.02 Å². The number of hydrogen-bond donors (Lipinski definition) is 2. The molecule has 0 bridgehead atoms. The van der Waals surface area contributed by atoms with Gasteiger partial charge < -0.3 is 10.6 Å². The van der Waals surface area contributed by atoms with Crippen molar-refractivity contribution in [2.24, 2.45) is 5.92 Å². The topological polar surface area (TPSA) is 41.1 Å². The first-order chi connectivity index (χ1) is 8.25. The molecule has 0 spiro atoms. The Bertz CT molecular complexity index is 392. The molecule has 0 unspecified atom stereocenters. The maximum atomic E-state index is 11.9. The first-order valence-corrected chi connectivity index (χ1v) is 6.36. The van der Waals surface area contributed by atoms with Gasteiger partial charge in [-0.2, -0.15) is 0 Å². The molecule has 18 heavy (non-hydrogen) atoms. The lowest BCUT2D eigenvalue weighted by molar-refractivity contribution is -0.125. The second-order valence-corrected chi connectivity index (χ2v) is 4.81. The summed E-state index contributed by atoms with van der Waals surface area (Å²) in [5.41, 5.74) is 1.04. The number of nitrogens with one attached hydrogen (secondary N) is 2. The van der Waals surface area contributed by atoms with Crippen LogP contribution in [0, 0.1) is 5.92 Å². The van der Waals surface area contributed by atoms with Gasteiger partial charge in [-0.05, 0) is 43.6 Å². The van der Waals surface area contributed by atoms with Crippen LogP contribution >= 0.6 is 24.0 Å². The molecule has 1 heterocycles. The second kappa shape index (κ2) is 7.62. The van der Waals surface area contributed by atoms with Crippen molar-refractivity contribution >= 4 is 29.9 Å². The van der Waals surface area contributed by atoms with Crippen LogP contribution in [0.1, 0.15) is 18.4 Å². The highest BCUT2D eigenvalue weighted by Gasteiger charge is 2.20. The zero-order valence-electron chi connectivity index (χ0n) is 10.1. The van der Waals surface area contributed by atoms with Gasteiger partial charge in [0.15, 0.2) is 0 Å². The average Bonchev–Trinajstić information content (AvgIpc) is 2.37. The highest BCUT2D eigenvalue weighted by molar-refractivity contribution is 6.30. The molecule has 0 aromatic heterocycles. The van der Waals surface area contributed by atoms with Gasteiger partial charge in [0.1, 0.15) is 0 Å². The fourth-order valence-electron chi connectivity index (χ4n) is 2.06. The summed E-state index contributed by atoms with van der Waals surface area (Å²) >= 11 is 5.89. The van der Waals surface area contributed by atoms with Crippen molar-refractivity contribution in [2.45, 2.75) is 19.4 Å². The fourth-order valence-corrected chi connectivity index (χ4v) is 2.28. The van der Waals surface area contributed by atoms with Crippen LogP contribution in [0.25, 0.3) is 0 Å². The van der Waals surface area contributed by atoms with Gasteiger partial charge in [0, 0.05) is 17.5 Å². The summed E-state index contributed by atoms with van der Waals surface area (Å²) in [7, 11) is 0. The summed E-state index contributed by atoms with van der Waals surface area (Å²) in [5, 5.41) is 6.93. The highest BCUT2D eigenvalue weighted by atomic mass is 35.5. The third kappa shape index (κ3) is 4.48. The second-order valence-electron chi connectivity index (χ2n) is 4.37. The Balaban J connectivity index is 0.00000162. The van der Waals surface area contributed by atoms with Crippen LogP contribution in [0.15, 0.2) is 24.3 Å². The molecule has 100 valence electrons. The van der Waals surface area contributed by atoms with E-state index < -0.39 is 0 Å². The molecule has 0 radical (unpaired) electrons. The van der Waals surface area contributed by atoms with Crippen molar-refractivity contribution in [1.82, 2.24) is 10.6 Å². The largest absolute Gasteiger partial charge is 0.352 e. The zero-order chi connectivity index (χ0) is 12.1. The number of benzene rings is 1. The minimum atomic E-state index is 0. The monoisotopic (exact) mass is 288 g/mol. The van der Waals surface area contributed by atoms with E-state index in [1.54, 1.807) is 0 Å². The first kappa shape index (κ1) is 15.3. The van der Waals surface area contributed by atoms with E-state index in [0.717, 1.165) is 31.5 Å². The summed E-state index contributed by atoms with van der Waals surface area (Å²) in [4.78, 5) is 11.9. The quantitative estimate of drug-likeness (QED) is 0.897. The maximum absolute atomic E-state index is 11.9. The van der Waals surface area contributed by atoms with Gasteiger partial charge in [-0.3, -0.25) is 4.79 Å². The lowest BCUT2D eigenvalue weighted by Gasteiger charge is -2.21. The van der Waals surface area contributed by atoms with E-state index >= 15 is 0 Å². The molecule has 1 aromatic rings. The lowest BCUT2D eigenvalue weighted by atomic mass is 9.97. The normalized spacial score (nSPS) is 15.8. The van der Waals surface area contributed by atoms with E-state index in [9.17, 15) is 4.79 Å². The van der Waals surface area contributed by atoms with Gasteiger partial charge in [0.25, 0.3) is 0 Å². The van der Waals surface area contributed by atoms with E-state index in [4.69, 9.17) is 11.6 Å². The predicted octanol–water partition coefficient (Wildman–Crippen LogP) is 2.38. The standard InChI is InChI=1S/C13H17ClN2O.ClH/c14-12-3-1-2-10(8-12)9-16-13(17)11-4-6-15-7-5-11;/h1-3,8,11,15H,4-7,9H2,(H,16,17);1H. The fraction of sp³-hybridized carbons (Fsp3) is 0.462. The predicted molar refractivity (Wildman–Crippen MR) is 76.1 cm³/mol. The molecule has 1 saturated heterocycles. The molecule has 0 aliphatic carbocycles. The number of carbonyl (C=O) groups is 1. The molecule has 1 aromatic carbocycles. The van der Waals surface area contributed by atoms with Crippen molar-refractivity contribution in [3.05, 3.63) is 34.9 Å². The van der Waals surface area contributed by atoms with Gasteiger partial charge in [-0.25, -0.2) is 0 Å². The average molecular weight is 289 g/mol. The van der Waals surface area contributed by atoms with Gasteiger partial charge >= 0.3 is 0 Å². The Hall–Kier alpha value is -0.770. The smallest absolute Gasteiger partial charge is 0.223 e. The Kier molecular flexibility index (Phi) is 6.47. The van der Waals surface area contributed by atoms with Gasteiger partial charge in [-0.1, -0.05) is 23.7 Å².